The summed E-state index contributed by atoms with van der Waals surface area (Å²) < 4.78 is 42.9. The molecule has 1 saturated carbocycles. The van der Waals surface area contributed by atoms with Crippen molar-refractivity contribution in [3.8, 4) is 11.1 Å². The van der Waals surface area contributed by atoms with E-state index in [-0.39, 0.29) is 6.04 Å². The molecule has 0 spiro atoms. The molecule has 0 saturated heterocycles. The minimum absolute atomic E-state index is 0.0347. The van der Waals surface area contributed by atoms with Crippen molar-refractivity contribution < 1.29 is 22.7 Å². The average Bonchev–Trinajstić information content (AvgIpc) is 3.27. The Morgan fingerprint density at radius 1 is 0.889 bits per heavy atom. The van der Waals surface area contributed by atoms with Crippen LogP contribution in [0.25, 0.3) is 21.3 Å². The smallest absolute Gasteiger partial charge is 0.456 e. The fourth-order valence-corrected chi connectivity index (χ4v) is 5.15. The standard InChI is InChI=1S/C26H23F3N4O2S/c27-26(28,29)24(34)35-19-12-10-18(11-13-19)30-22-7-4-8-23(32-22)33-25-31-20-14-9-17(15-21(20)36-25)16-5-2-1-3-6-16/h1-9,14-15,18-19H,10-13H2,(H2,30,31,32,33)/t18-,19-. The van der Waals surface area contributed by atoms with E-state index in [1.54, 1.807) is 11.3 Å². The Bertz CT molecular complexity index is 1350. The summed E-state index contributed by atoms with van der Waals surface area (Å²) in [5, 5.41) is 7.33. The molecule has 5 rings (SSSR count). The summed E-state index contributed by atoms with van der Waals surface area (Å²) in [5.41, 5.74) is 3.18. The van der Waals surface area contributed by atoms with Crippen LogP contribution in [0, 0.1) is 0 Å². The zero-order valence-electron chi connectivity index (χ0n) is 19.1. The van der Waals surface area contributed by atoms with Gasteiger partial charge in [0.25, 0.3) is 0 Å². The zero-order chi connectivity index (χ0) is 25.1. The highest BCUT2D eigenvalue weighted by atomic mass is 32.1. The van der Waals surface area contributed by atoms with E-state index >= 15 is 0 Å². The number of halogens is 3. The van der Waals surface area contributed by atoms with Gasteiger partial charge in [-0.2, -0.15) is 13.2 Å². The fraction of sp³-hybridized carbons (Fsp3) is 0.269. The lowest BCUT2D eigenvalue weighted by Gasteiger charge is -2.29. The first-order valence-electron chi connectivity index (χ1n) is 11.6. The first kappa shape index (κ1) is 24.1. The summed E-state index contributed by atoms with van der Waals surface area (Å²) in [6, 6.07) is 22.0. The van der Waals surface area contributed by atoms with Crippen molar-refractivity contribution >= 4 is 44.3 Å². The van der Waals surface area contributed by atoms with Crippen molar-refractivity contribution in [2.75, 3.05) is 10.6 Å². The van der Waals surface area contributed by atoms with E-state index < -0.39 is 18.2 Å². The number of esters is 1. The highest BCUT2D eigenvalue weighted by Crippen LogP contribution is 2.32. The maximum atomic E-state index is 12.4. The van der Waals surface area contributed by atoms with Crippen LogP contribution in [0.5, 0.6) is 0 Å². The number of nitrogens with one attached hydrogen (secondary N) is 2. The molecule has 0 amide bonds. The van der Waals surface area contributed by atoms with Gasteiger partial charge in [-0.05, 0) is 61.1 Å². The molecule has 4 aromatic rings. The molecule has 1 aliphatic carbocycles. The first-order valence-corrected chi connectivity index (χ1v) is 12.4. The zero-order valence-corrected chi connectivity index (χ0v) is 19.9. The van der Waals surface area contributed by atoms with Gasteiger partial charge < -0.3 is 15.4 Å². The number of benzene rings is 2. The van der Waals surface area contributed by atoms with Crippen LogP contribution in [0.3, 0.4) is 0 Å². The SMILES string of the molecule is O=C(O[C@H]1CC[C@H](Nc2cccc(Nc3nc4ccc(-c5ccccc5)cc4s3)n2)CC1)C(F)(F)F. The van der Waals surface area contributed by atoms with Gasteiger partial charge in [0.05, 0.1) is 10.2 Å². The molecule has 0 bridgehead atoms. The molecule has 2 heterocycles. The molecule has 1 fully saturated rings. The minimum atomic E-state index is -4.96. The van der Waals surface area contributed by atoms with Crippen LogP contribution in [0.1, 0.15) is 25.7 Å². The molecule has 1 aliphatic rings. The van der Waals surface area contributed by atoms with Crippen LogP contribution in [0.15, 0.2) is 66.7 Å². The molecule has 2 aromatic heterocycles. The molecule has 0 unspecified atom stereocenters. The molecular formula is C26H23F3N4O2S. The lowest BCUT2D eigenvalue weighted by Crippen LogP contribution is -2.35. The molecule has 36 heavy (non-hydrogen) atoms. The van der Waals surface area contributed by atoms with E-state index in [4.69, 9.17) is 0 Å². The second kappa shape index (κ2) is 10.1. The number of carbonyl (C=O) groups is 1. The van der Waals surface area contributed by atoms with Crippen LogP contribution in [-0.4, -0.2) is 34.3 Å². The summed E-state index contributed by atoms with van der Waals surface area (Å²) in [6.07, 6.45) is -3.77. The second-order valence-electron chi connectivity index (χ2n) is 8.62. The number of nitrogens with zero attached hydrogens (tertiary/aromatic N) is 2. The van der Waals surface area contributed by atoms with Gasteiger partial charge >= 0.3 is 12.1 Å². The van der Waals surface area contributed by atoms with Crippen molar-refractivity contribution in [3.05, 3.63) is 66.7 Å². The summed E-state index contributed by atoms with van der Waals surface area (Å²) in [5.74, 6) is -0.830. The van der Waals surface area contributed by atoms with Gasteiger partial charge in [-0.1, -0.05) is 53.8 Å². The lowest BCUT2D eigenvalue weighted by atomic mass is 9.93. The van der Waals surface area contributed by atoms with Gasteiger partial charge in [0, 0.05) is 6.04 Å². The van der Waals surface area contributed by atoms with E-state index in [0.717, 1.165) is 26.5 Å². The van der Waals surface area contributed by atoms with Crippen molar-refractivity contribution in [1.29, 1.82) is 0 Å². The maximum absolute atomic E-state index is 12.4. The van der Waals surface area contributed by atoms with E-state index in [1.165, 1.54) is 0 Å². The Hall–Kier alpha value is -3.66. The van der Waals surface area contributed by atoms with E-state index in [0.29, 0.717) is 37.3 Å². The molecule has 10 heteroatoms. The number of hydrogen-bond donors (Lipinski definition) is 2. The van der Waals surface area contributed by atoms with Crippen LogP contribution < -0.4 is 10.6 Å². The molecule has 0 radical (unpaired) electrons. The van der Waals surface area contributed by atoms with E-state index in [2.05, 4.69) is 49.6 Å². The summed E-state index contributed by atoms with van der Waals surface area (Å²) in [4.78, 5) is 20.3. The largest absolute Gasteiger partial charge is 0.490 e. The summed E-state index contributed by atoms with van der Waals surface area (Å²) in [7, 11) is 0. The topological polar surface area (TPSA) is 76.1 Å². The summed E-state index contributed by atoms with van der Waals surface area (Å²) in [6.45, 7) is 0. The number of pyridine rings is 1. The highest BCUT2D eigenvalue weighted by molar-refractivity contribution is 7.22. The highest BCUT2D eigenvalue weighted by Gasteiger charge is 2.42. The van der Waals surface area contributed by atoms with Crippen LogP contribution >= 0.6 is 11.3 Å². The average molecular weight is 513 g/mol. The molecule has 2 aromatic carbocycles. The molecule has 0 atom stereocenters. The lowest BCUT2D eigenvalue weighted by molar-refractivity contribution is -0.206. The van der Waals surface area contributed by atoms with Gasteiger partial charge in [-0.3, -0.25) is 0 Å². The van der Waals surface area contributed by atoms with Crippen molar-refractivity contribution in [2.24, 2.45) is 0 Å². The third-order valence-electron chi connectivity index (χ3n) is 6.01. The number of alkyl halides is 3. The number of carbonyl (C=O) groups excluding carboxylic acids is 1. The number of hydrogen-bond acceptors (Lipinski definition) is 7. The monoisotopic (exact) mass is 512 g/mol. The number of ether oxygens (including phenoxy) is 1. The molecule has 186 valence electrons. The normalized spacial score (nSPS) is 18.1. The maximum Gasteiger partial charge on any atom is 0.490 e. The number of fused-ring (bicyclic) bond motifs is 1. The first-order chi connectivity index (χ1) is 17.3. The van der Waals surface area contributed by atoms with Gasteiger partial charge in [0.15, 0.2) is 5.13 Å². The third kappa shape index (κ3) is 5.76. The predicted molar refractivity (Wildman–Crippen MR) is 134 cm³/mol. The molecule has 0 aliphatic heterocycles. The van der Waals surface area contributed by atoms with Crippen LogP contribution in [-0.2, 0) is 9.53 Å². The molecule has 6 nitrogen and oxygen atoms in total. The van der Waals surface area contributed by atoms with Gasteiger partial charge in [0.1, 0.15) is 17.7 Å². The Morgan fingerprint density at radius 2 is 1.64 bits per heavy atom. The molecule has 2 N–H and O–H groups in total. The Labute approximate surface area is 209 Å². The van der Waals surface area contributed by atoms with Crippen molar-refractivity contribution in [2.45, 2.75) is 44.0 Å². The Balaban J connectivity index is 1.20. The van der Waals surface area contributed by atoms with Crippen LogP contribution in [0.4, 0.5) is 29.9 Å². The third-order valence-corrected chi connectivity index (χ3v) is 6.94. The van der Waals surface area contributed by atoms with Crippen LogP contribution in [0.2, 0.25) is 0 Å². The number of rotatable bonds is 6. The second-order valence-corrected chi connectivity index (χ2v) is 9.65. The molecular weight excluding hydrogens is 489 g/mol. The predicted octanol–water partition coefficient (Wildman–Crippen LogP) is 6.93. The summed E-state index contributed by atoms with van der Waals surface area (Å²) >= 11 is 1.55. The number of aromatic nitrogens is 2. The number of anilines is 3. The fourth-order valence-electron chi connectivity index (χ4n) is 4.23. The van der Waals surface area contributed by atoms with E-state index in [9.17, 15) is 18.0 Å². The van der Waals surface area contributed by atoms with Gasteiger partial charge in [0.2, 0.25) is 0 Å². The Morgan fingerprint density at radius 3 is 2.39 bits per heavy atom. The quantitative estimate of drug-likeness (QED) is 0.273. The van der Waals surface area contributed by atoms with Gasteiger partial charge in [-0.25, -0.2) is 14.8 Å². The number of thiazole rings is 1. The van der Waals surface area contributed by atoms with Crippen molar-refractivity contribution in [1.82, 2.24) is 9.97 Å². The van der Waals surface area contributed by atoms with Crippen molar-refractivity contribution in [3.63, 3.8) is 0 Å². The van der Waals surface area contributed by atoms with E-state index in [1.807, 2.05) is 42.5 Å². The Kier molecular flexibility index (Phi) is 6.77. The van der Waals surface area contributed by atoms with Gasteiger partial charge in [-0.15, -0.1) is 0 Å². The minimum Gasteiger partial charge on any atom is -0.456 e.